The maximum Gasteiger partial charge on any atom is 0.230 e. The molecule has 24 heavy (non-hydrogen) atoms. The fourth-order valence-electron chi connectivity index (χ4n) is 2.52. The Hall–Kier alpha value is -2.82. The summed E-state index contributed by atoms with van der Waals surface area (Å²) in [6, 6.07) is 11.4. The van der Waals surface area contributed by atoms with Gasteiger partial charge in [-0.25, -0.2) is 4.98 Å². The third-order valence-electron chi connectivity index (χ3n) is 3.79. The Morgan fingerprint density at radius 3 is 3.00 bits per heavy atom. The van der Waals surface area contributed by atoms with Gasteiger partial charge >= 0.3 is 0 Å². The number of fused-ring (bicyclic) bond motifs is 1. The van der Waals surface area contributed by atoms with Gasteiger partial charge in [-0.3, -0.25) is 4.79 Å². The van der Waals surface area contributed by atoms with Crippen LogP contribution in [0, 0.1) is 0 Å². The van der Waals surface area contributed by atoms with Gasteiger partial charge in [-0.05, 0) is 42.3 Å². The van der Waals surface area contributed by atoms with Crippen LogP contribution in [0.5, 0.6) is 5.75 Å². The molecule has 0 fully saturated rings. The molecule has 0 aliphatic heterocycles. The first-order valence-corrected chi connectivity index (χ1v) is 8.20. The van der Waals surface area contributed by atoms with Gasteiger partial charge in [0.25, 0.3) is 0 Å². The number of aromatic nitrogens is 2. The number of hydrogen-bond acceptors (Lipinski definition) is 3. The van der Waals surface area contributed by atoms with E-state index in [1.165, 1.54) is 0 Å². The first kappa shape index (κ1) is 16.1. The molecule has 0 saturated carbocycles. The zero-order valence-corrected chi connectivity index (χ0v) is 13.7. The van der Waals surface area contributed by atoms with E-state index in [1.54, 1.807) is 12.3 Å². The number of rotatable bonds is 7. The van der Waals surface area contributed by atoms with E-state index >= 15 is 0 Å². The molecule has 0 atom stereocenters. The number of hydrogen-bond donors (Lipinski definition) is 2. The van der Waals surface area contributed by atoms with Gasteiger partial charge in [0.05, 0.1) is 13.0 Å². The normalized spacial score (nSPS) is 10.7. The van der Waals surface area contributed by atoms with Crippen LogP contribution in [0.4, 0.5) is 5.82 Å². The molecule has 5 heteroatoms. The van der Waals surface area contributed by atoms with Crippen molar-refractivity contribution >= 4 is 22.6 Å². The fourth-order valence-corrected chi connectivity index (χ4v) is 2.52. The quantitative estimate of drug-likeness (QED) is 0.648. The summed E-state index contributed by atoms with van der Waals surface area (Å²) in [5, 5.41) is 3.82. The lowest BCUT2D eigenvalue weighted by Crippen LogP contribution is -2.14. The van der Waals surface area contributed by atoms with Gasteiger partial charge in [0, 0.05) is 23.3 Å². The van der Waals surface area contributed by atoms with E-state index in [1.807, 2.05) is 36.5 Å². The van der Waals surface area contributed by atoms with E-state index in [2.05, 4.69) is 22.2 Å². The first-order valence-electron chi connectivity index (χ1n) is 8.20. The molecule has 0 bridgehead atoms. The van der Waals surface area contributed by atoms with E-state index in [-0.39, 0.29) is 12.3 Å². The highest BCUT2D eigenvalue weighted by molar-refractivity contribution is 5.95. The number of carbonyl (C=O) groups is 1. The molecule has 0 unspecified atom stereocenters. The van der Waals surface area contributed by atoms with Crippen molar-refractivity contribution in [3.63, 3.8) is 0 Å². The molecule has 5 nitrogen and oxygen atoms in total. The Morgan fingerprint density at radius 2 is 2.21 bits per heavy atom. The minimum atomic E-state index is -0.0908. The Morgan fingerprint density at radius 1 is 1.29 bits per heavy atom. The van der Waals surface area contributed by atoms with Crippen LogP contribution in [0.2, 0.25) is 0 Å². The number of H-pyrrole nitrogens is 1. The topological polar surface area (TPSA) is 67.0 Å². The van der Waals surface area contributed by atoms with Crippen LogP contribution in [0.25, 0.3) is 10.9 Å². The molecular weight excluding hydrogens is 302 g/mol. The fraction of sp³-hybridized carbons (Fsp3) is 0.263. The number of nitrogens with one attached hydrogen (secondary N) is 2. The van der Waals surface area contributed by atoms with Crippen molar-refractivity contribution in [2.45, 2.75) is 26.2 Å². The molecule has 0 aliphatic carbocycles. The van der Waals surface area contributed by atoms with Crippen molar-refractivity contribution in [3.05, 3.63) is 54.4 Å². The molecule has 2 aromatic heterocycles. The van der Waals surface area contributed by atoms with E-state index in [0.29, 0.717) is 12.4 Å². The minimum absolute atomic E-state index is 0.0908. The predicted octanol–water partition coefficient (Wildman–Crippen LogP) is 3.92. The molecule has 2 N–H and O–H groups in total. The molecule has 0 radical (unpaired) electrons. The lowest BCUT2D eigenvalue weighted by Gasteiger charge is -2.06. The molecule has 1 amide bonds. The highest BCUT2D eigenvalue weighted by Gasteiger charge is 2.10. The smallest absolute Gasteiger partial charge is 0.230 e. The van der Waals surface area contributed by atoms with Gasteiger partial charge in [0.15, 0.2) is 0 Å². The molecule has 124 valence electrons. The van der Waals surface area contributed by atoms with Crippen LogP contribution in [0.15, 0.2) is 48.8 Å². The summed E-state index contributed by atoms with van der Waals surface area (Å²) in [4.78, 5) is 19.5. The summed E-state index contributed by atoms with van der Waals surface area (Å²) < 4.78 is 5.76. The van der Waals surface area contributed by atoms with Crippen LogP contribution in [0.1, 0.15) is 25.3 Å². The SMILES string of the molecule is CCCCOc1ccc2[nH]cc(CC(=O)Nc3ccccn3)c2c1. The number of carbonyl (C=O) groups excluding carboxylic acids is 1. The number of nitrogens with zero attached hydrogens (tertiary/aromatic N) is 1. The summed E-state index contributed by atoms with van der Waals surface area (Å²) in [5.41, 5.74) is 1.94. The number of anilines is 1. The predicted molar refractivity (Wildman–Crippen MR) is 95.3 cm³/mol. The Balaban J connectivity index is 1.71. The molecule has 0 aliphatic rings. The van der Waals surface area contributed by atoms with Gasteiger partial charge in [0.1, 0.15) is 11.6 Å². The maximum atomic E-state index is 12.2. The molecule has 2 heterocycles. The molecule has 3 rings (SSSR count). The van der Waals surface area contributed by atoms with Crippen molar-refractivity contribution in [1.29, 1.82) is 0 Å². The van der Waals surface area contributed by atoms with Crippen LogP contribution in [-0.2, 0) is 11.2 Å². The van der Waals surface area contributed by atoms with Crippen LogP contribution in [0.3, 0.4) is 0 Å². The van der Waals surface area contributed by atoms with Crippen LogP contribution in [-0.4, -0.2) is 22.5 Å². The Bertz CT molecular complexity index is 812. The van der Waals surface area contributed by atoms with E-state index in [4.69, 9.17) is 4.74 Å². The Labute approximate surface area is 141 Å². The first-order chi connectivity index (χ1) is 11.8. The zero-order valence-electron chi connectivity index (χ0n) is 13.7. The standard InChI is InChI=1S/C19H21N3O2/c1-2-3-10-24-15-7-8-17-16(12-15)14(13-21-17)11-19(23)22-18-6-4-5-9-20-18/h4-9,12-13,21H,2-3,10-11H2,1H3,(H,20,22,23). The third kappa shape index (κ3) is 3.93. The highest BCUT2D eigenvalue weighted by Crippen LogP contribution is 2.24. The number of pyridine rings is 1. The number of unbranched alkanes of at least 4 members (excludes halogenated alkanes) is 1. The second kappa shape index (κ2) is 7.64. The molecule has 3 aromatic rings. The maximum absolute atomic E-state index is 12.2. The Kier molecular flexibility index (Phi) is 5.11. The van der Waals surface area contributed by atoms with Crippen LogP contribution < -0.4 is 10.1 Å². The van der Waals surface area contributed by atoms with Crippen molar-refractivity contribution in [2.24, 2.45) is 0 Å². The van der Waals surface area contributed by atoms with Crippen molar-refractivity contribution < 1.29 is 9.53 Å². The zero-order chi connectivity index (χ0) is 16.8. The second-order valence-corrected chi connectivity index (χ2v) is 5.66. The van der Waals surface area contributed by atoms with Crippen molar-refractivity contribution in [2.75, 3.05) is 11.9 Å². The summed E-state index contributed by atoms with van der Waals surface area (Å²) in [5.74, 6) is 1.31. The van der Waals surface area contributed by atoms with Crippen molar-refractivity contribution in [3.8, 4) is 5.75 Å². The monoisotopic (exact) mass is 323 g/mol. The van der Waals surface area contributed by atoms with Gasteiger partial charge in [-0.1, -0.05) is 19.4 Å². The lowest BCUT2D eigenvalue weighted by atomic mass is 10.1. The van der Waals surface area contributed by atoms with E-state index < -0.39 is 0 Å². The van der Waals surface area contributed by atoms with E-state index in [9.17, 15) is 4.79 Å². The van der Waals surface area contributed by atoms with E-state index in [0.717, 1.165) is 35.1 Å². The summed E-state index contributed by atoms with van der Waals surface area (Å²) in [6.07, 6.45) is 5.95. The van der Waals surface area contributed by atoms with Gasteiger partial charge in [0.2, 0.25) is 5.91 Å². The van der Waals surface area contributed by atoms with Gasteiger partial charge in [-0.2, -0.15) is 0 Å². The number of aromatic amines is 1. The van der Waals surface area contributed by atoms with Gasteiger partial charge < -0.3 is 15.0 Å². The number of amides is 1. The lowest BCUT2D eigenvalue weighted by molar-refractivity contribution is -0.115. The van der Waals surface area contributed by atoms with Crippen molar-refractivity contribution in [1.82, 2.24) is 9.97 Å². The average molecular weight is 323 g/mol. The molecule has 0 saturated heterocycles. The summed E-state index contributed by atoms with van der Waals surface area (Å²) >= 11 is 0. The average Bonchev–Trinajstić information content (AvgIpc) is 2.98. The summed E-state index contributed by atoms with van der Waals surface area (Å²) in [7, 11) is 0. The summed E-state index contributed by atoms with van der Waals surface area (Å²) in [6.45, 7) is 2.85. The highest BCUT2D eigenvalue weighted by atomic mass is 16.5. The second-order valence-electron chi connectivity index (χ2n) is 5.66. The van der Waals surface area contributed by atoms with Gasteiger partial charge in [-0.15, -0.1) is 0 Å². The molecule has 1 aromatic carbocycles. The number of ether oxygens (including phenoxy) is 1. The molecular formula is C19H21N3O2. The van der Waals surface area contributed by atoms with Crippen LogP contribution >= 0.6 is 0 Å². The number of benzene rings is 1. The largest absolute Gasteiger partial charge is 0.494 e. The minimum Gasteiger partial charge on any atom is -0.494 e. The third-order valence-corrected chi connectivity index (χ3v) is 3.79. The molecule has 0 spiro atoms.